The molecule has 2 aromatic rings. The lowest BCUT2D eigenvalue weighted by molar-refractivity contribution is 0.892. The molecule has 20 heavy (non-hydrogen) atoms. The molecule has 0 aliphatic carbocycles. The van der Waals surface area contributed by atoms with Gasteiger partial charge in [-0.15, -0.1) is 0 Å². The second-order valence-corrected chi connectivity index (χ2v) is 3.96. The molecule has 104 valence electrons. The Morgan fingerprint density at radius 2 is 1.55 bits per heavy atom. The van der Waals surface area contributed by atoms with Gasteiger partial charge in [-0.2, -0.15) is 0 Å². The predicted molar refractivity (Wildman–Crippen MR) is 79.0 cm³/mol. The van der Waals surface area contributed by atoms with Gasteiger partial charge < -0.3 is 0 Å². The SMILES string of the molecule is [2H]C([2H])(Br)c1ncc(C)cn1.[2H]C([2H])(N=[N+]=[N-])c1ncc(C)cn1. The Bertz CT molecular complexity index is 710. The number of hydrogen-bond acceptors (Lipinski definition) is 5. The first-order valence-electron chi connectivity index (χ1n) is 7.39. The van der Waals surface area contributed by atoms with Crippen molar-refractivity contribution in [3.8, 4) is 0 Å². The van der Waals surface area contributed by atoms with Crippen LogP contribution >= 0.6 is 15.9 Å². The predicted octanol–water partition coefficient (Wildman–Crippen LogP) is 3.28. The largest absolute Gasteiger partial charge is 0.241 e. The fraction of sp³-hybridized carbons (Fsp3) is 0.333. The van der Waals surface area contributed by atoms with Crippen molar-refractivity contribution in [1.29, 1.82) is 0 Å². The van der Waals surface area contributed by atoms with Crippen molar-refractivity contribution in [2.75, 3.05) is 0 Å². The fourth-order valence-corrected chi connectivity index (χ4v) is 1.16. The molecule has 0 amide bonds. The van der Waals surface area contributed by atoms with Crippen molar-refractivity contribution in [2.45, 2.75) is 25.6 Å². The van der Waals surface area contributed by atoms with Crippen molar-refractivity contribution >= 4 is 15.9 Å². The molecule has 0 saturated heterocycles. The Hall–Kier alpha value is -2.05. The number of aromatic nitrogens is 4. The first-order valence-corrected chi connectivity index (χ1v) is 6.19. The molecule has 0 aliphatic rings. The lowest BCUT2D eigenvalue weighted by Crippen LogP contribution is -1.91. The van der Waals surface area contributed by atoms with Crippen molar-refractivity contribution in [3.63, 3.8) is 0 Å². The average Bonchev–Trinajstić information content (AvgIpc) is 2.48. The minimum atomic E-state index is -2.18. The molecule has 2 heterocycles. The highest BCUT2D eigenvalue weighted by atomic mass is 79.9. The quantitative estimate of drug-likeness (QED) is 0.370. The Kier molecular flexibility index (Phi) is 4.79. The summed E-state index contributed by atoms with van der Waals surface area (Å²) in [6.45, 7) is 1.46. The van der Waals surface area contributed by atoms with E-state index in [9.17, 15) is 0 Å². The molecular weight excluding hydrogens is 322 g/mol. The van der Waals surface area contributed by atoms with Crippen molar-refractivity contribution < 1.29 is 5.48 Å². The van der Waals surface area contributed by atoms with Gasteiger partial charge in [0.1, 0.15) is 11.6 Å². The maximum Gasteiger partial charge on any atom is 0.138 e. The van der Waals surface area contributed by atoms with Crippen LogP contribution in [0.25, 0.3) is 10.4 Å². The van der Waals surface area contributed by atoms with Gasteiger partial charge in [-0.05, 0) is 30.5 Å². The normalized spacial score (nSPS) is 13.6. The summed E-state index contributed by atoms with van der Waals surface area (Å²) in [5.41, 5.74) is 9.82. The molecule has 7 nitrogen and oxygen atoms in total. The van der Waals surface area contributed by atoms with E-state index in [1.165, 1.54) is 12.4 Å². The Morgan fingerprint density at radius 3 is 1.95 bits per heavy atom. The van der Waals surface area contributed by atoms with Crippen LogP contribution in [0.5, 0.6) is 0 Å². The zero-order valence-corrected chi connectivity index (χ0v) is 12.4. The standard InChI is InChI=1S/C6H7BrN2.C6H7N5/c1-5-3-8-6(2-7)9-4-5;1-5-2-8-6(9-3-5)4-10-11-7/h3-4H,2H2,1H3;2-3H,4H2,1H3/i2D2;4D2. The van der Waals surface area contributed by atoms with Crippen LogP contribution in [0.2, 0.25) is 0 Å². The van der Waals surface area contributed by atoms with E-state index in [1.807, 2.05) is 6.92 Å². The molecule has 0 bridgehead atoms. The molecule has 0 aliphatic heterocycles. The first-order chi connectivity index (χ1) is 11.1. The van der Waals surface area contributed by atoms with Gasteiger partial charge in [-0.1, -0.05) is 21.0 Å². The monoisotopic (exact) mass is 339 g/mol. The summed E-state index contributed by atoms with van der Waals surface area (Å²) in [5, 5.41) is 1.32. The third-order valence-electron chi connectivity index (χ3n) is 1.84. The van der Waals surface area contributed by atoms with Crippen molar-refractivity contribution in [2.24, 2.45) is 5.11 Å². The van der Waals surface area contributed by atoms with E-state index in [0.29, 0.717) is 0 Å². The summed E-state index contributed by atoms with van der Waals surface area (Å²) in [6.07, 6.45) is 6.10. The maximum absolute atomic E-state index is 8.08. The van der Waals surface area contributed by atoms with Gasteiger partial charge in [0.2, 0.25) is 0 Å². The molecule has 2 rings (SSSR count). The number of alkyl halides is 1. The summed E-state index contributed by atoms with van der Waals surface area (Å²) >= 11 is 2.82. The molecule has 0 N–H and O–H groups in total. The number of azide groups is 1. The zero-order chi connectivity index (χ0) is 18.4. The summed E-state index contributed by atoms with van der Waals surface area (Å²) in [7, 11) is 0. The van der Waals surface area contributed by atoms with E-state index in [0.717, 1.165) is 11.1 Å². The summed E-state index contributed by atoms with van der Waals surface area (Å²) < 4.78 is 28.9. The van der Waals surface area contributed by atoms with Crippen molar-refractivity contribution in [1.82, 2.24) is 19.9 Å². The minimum Gasteiger partial charge on any atom is -0.241 e. The molecule has 0 fully saturated rings. The molecule has 0 radical (unpaired) electrons. The molecule has 2 aromatic heterocycles. The fourth-order valence-electron chi connectivity index (χ4n) is 0.959. The Labute approximate surface area is 130 Å². The van der Waals surface area contributed by atoms with Gasteiger partial charge in [0.05, 0.1) is 11.8 Å². The molecule has 0 aromatic carbocycles. The van der Waals surface area contributed by atoms with Gasteiger partial charge in [-0.3, -0.25) is 0 Å². The van der Waals surface area contributed by atoms with E-state index in [2.05, 4.69) is 45.9 Å². The van der Waals surface area contributed by atoms with E-state index >= 15 is 0 Å². The summed E-state index contributed by atoms with van der Waals surface area (Å²) in [4.78, 5) is 17.4. The molecule has 0 atom stereocenters. The highest BCUT2D eigenvalue weighted by molar-refractivity contribution is 9.08. The van der Waals surface area contributed by atoms with Crippen LogP contribution in [0.15, 0.2) is 29.9 Å². The van der Waals surface area contributed by atoms with Crippen LogP contribution in [0.3, 0.4) is 0 Å². The van der Waals surface area contributed by atoms with Gasteiger partial charge in [0.25, 0.3) is 0 Å². The van der Waals surface area contributed by atoms with Gasteiger partial charge in [-0.25, -0.2) is 19.9 Å². The lowest BCUT2D eigenvalue weighted by atomic mass is 10.4. The number of nitrogens with zero attached hydrogens (tertiary/aromatic N) is 7. The number of hydrogen-bond donors (Lipinski definition) is 0. The average molecular weight is 340 g/mol. The topological polar surface area (TPSA) is 100 Å². The second kappa shape index (κ2) is 8.95. The van der Waals surface area contributed by atoms with Crippen LogP contribution in [0.1, 0.15) is 28.3 Å². The zero-order valence-electron chi connectivity index (χ0n) is 14.8. The van der Waals surface area contributed by atoms with Crippen LogP contribution < -0.4 is 0 Å². The maximum atomic E-state index is 8.08. The van der Waals surface area contributed by atoms with Gasteiger partial charge in [0.15, 0.2) is 0 Å². The van der Waals surface area contributed by atoms with Gasteiger partial charge in [0, 0.05) is 35.2 Å². The van der Waals surface area contributed by atoms with E-state index in [4.69, 9.17) is 11.0 Å². The van der Waals surface area contributed by atoms with E-state index < -0.39 is 11.8 Å². The summed E-state index contributed by atoms with van der Waals surface area (Å²) in [5.74, 6) is 0.0269. The minimum absolute atomic E-state index is 0.129. The smallest absolute Gasteiger partial charge is 0.138 e. The third-order valence-corrected chi connectivity index (χ3v) is 2.20. The second-order valence-electron chi connectivity index (χ2n) is 3.56. The number of aryl methyl sites for hydroxylation is 2. The molecular formula is C12H14BrN7. The molecule has 8 heteroatoms. The number of halogens is 1. The van der Waals surface area contributed by atoms with Crippen LogP contribution in [0, 0.1) is 13.8 Å². The Morgan fingerprint density at radius 1 is 1.10 bits per heavy atom. The molecule has 0 unspecified atom stereocenters. The van der Waals surface area contributed by atoms with E-state index in [-0.39, 0.29) is 11.6 Å². The lowest BCUT2D eigenvalue weighted by Gasteiger charge is -1.92. The number of rotatable bonds is 3. The first kappa shape index (κ1) is 10.7. The molecule has 0 saturated carbocycles. The van der Waals surface area contributed by atoms with Crippen LogP contribution in [0.4, 0.5) is 0 Å². The van der Waals surface area contributed by atoms with Crippen LogP contribution in [-0.2, 0) is 11.8 Å². The van der Waals surface area contributed by atoms with Crippen molar-refractivity contribution in [3.05, 3.63) is 58.0 Å². The third kappa shape index (κ3) is 6.21. The van der Waals surface area contributed by atoms with Gasteiger partial charge >= 0.3 is 0 Å². The van der Waals surface area contributed by atoms with E-state index in [1.54, 1.807) is 19.3 Å². The highest BCUT2D eigenvalue weighted by Gasteiger charge is 1.91. The highest BCUT2D eigenvalue weighted by Crippen LogP contribution is 1.97. The molecule has 0 spiro atoms. The Balaban J connectivity index is 0.000000243. The summed E-state index contributed by atoms with van der Waals surface area (Å²) in [6, 6.07) is 0. The van der Waals surface area contributed by atoms with Crippen LogP contribution in [-0.4, -0.2) is 19.9 Å².